The van der Waals surface area contributed by atoms with Gasteiger partial charge in [0.05, 0.1) is 22.2 Å². The number of hydrogen-bond acceptors (Lipinski definition) is 5. The first-order chi connectivity index (χ1) is 10.1. The normalized spacial score (nSPS) is 10.9. The van der Waals surface area contributed by atoms with Gasteiger partial charge in [-0.05, 0) is 18.9 Å². The predicted molar refractivity (Wildman–Crippen MR) is 78.2 cm³/mol. The number of rotatable bonds is 7. The number of benzene rings is 1. The van der Waals surface area contributed by atoms with Gasteiger partial charge in [0, 0.05) is 25.3 Å². The Kier molecular flexibility index (Phi) is 4.99. The third-order valence-electron chi connectivity index (χ3n) is 3.33. The van der Waals surface area contributed by atoms with Crippen LogP contribution in [0.5, 0.6) is 0 Å². The Bertz CT molecular complexity index is 696. The Balaban J connectivity index is 2.20. The summed E-state index contributed by atoms with van der Waals surface area (Å²) < 4.78 is 1.48. The van der Waals surface area contributed by atoms with Crippen LogP contribution in [0.1, 0.15) is 25.7 Å². The lowest BCUT2D eigenvalue weighted by atomic mass is 10.2. The van der Waals surface area contributed by atoms with Gasteiger partial charge in [0.2, 0.25) is 0 Å². The molecule has 0 saturated carbocycles. The van der Waals surface area contributed by atoms with E-state index in [1.165, 1.54) is 29.1 Å². The van der Waals surface area contributed by atoms with Crippen molar-refractivity contribution in [2.45, 2.75) is 32.2 Å². The average Bonchev–Trinajstić information content (AvgIpc) is 2.49. The highest BCUT2D eigenvalue weighted by atomic mass is 16.6. The van der Waals surface area contributed by atoms with Gasteiger partial charge >= 0.3 is 0 Å². The largest absolute Gasteiger partial charge is 0.396 e. The molecule has 0 aliphatic heterocycles. The summed E-state index contributed by atoms with van der Waals surface area (Å²) in [6, 6.07) is 4.10. The van der Waals surface area contributed by atoms with Crippen molar-refractivity contribution >= 4 is 16.6 Å². The number of nitro benzene ring substituents is 1. The molecule has 2 aromatic rings. The van der Waals surface area contributed by atoms with E-state index < -0.39 is 4.92 Å². The Hall–Kier alpha value is -2.28. The van der Waals surface area contributed by atoms with Crippen LogP contribution in [0, 0.1) is 10.1 Å². The summed E-state index contributed by atoms with van der Waals surface area (Å²) in [7, 11) is 0. The molecule has 7 nitrogen and oxygen atoms in total. The van der Waals surface area contributed by atoms with Crippen molar-refractivity contribution in [2.75, 3.05) is 6.61 Å². The number of non-ortho nitro benzene ring substituents is 1. The van der Waals surface area contributed by atoms with Crippen LogP contribution in [-0.4, -0.2) is 26.2 Å². The molecule has 0 unspecified atom stereocenters. The Morgan fingerprint density at radius 1 is 1.24 bits per heavy atom. The molecular formula is C14H17N3O4. The molecule has 0 spiro atoms. The number of aryl methyl sites for hydroxylation is 1. The highest BCUT2D eigenvalue weighted by molar-refractivity contribution is 5.79. The molecule has 0 aliphatic carbocycles. The first-order valence-corrected chi connectivity index (χ1v) is 6.88. The van der Waals surface area contributed by atoms with Crippen molar-refractivity contribution in [2.24, 2.45) is 0 Å². The minimum absolute atomic E-state index is 0.109. The van der Waals surface area contributed by atoms with Gasteiger partial charge < -0.3 is 5.11 Å². The van der Waals surface area contributed by atoms with E-state index in [-0.39, 0.29) is 23.2 Å². The van der Waals surface area contributed by atoms with Crippen molar-refractivity contribution in [3.63, 3.8) is 0 Å². The average molecular weight is 291 g/mol. The van der Waals surface area contributed by atoms with Gasteiger partial charge in [-0.25, -0.2) is 4.98 Å². The second kappa shape index (κ2) is 6.94. The van der Waals surface area contributed by atoms with Crippen LogP contribution >= 0.6 is 0 Å². The minimum atomic E-state index is -0.523. The SMILES string of the molecule is O=c1c2cc([N+](=O)[O-])ccc2ncn1CCCCCCO. The van der Waals surface area contributed by atoms with Crippen LogP contribution in [0.15, 0.2) is 29.3 Å². The van der Waals surface area contributed by atoms with Crippen molar-refractivity contribution in [1.29, 1.82) is 0 Å². The lowest BCUT2D eigenvalue weighted by molar-refractivity contribution is -0.384. The molecule has 0 radical (unpaired) electrons. The molecule has 0 fully saturated rings. The fourth-order valence-electron chi connectivity index (χ4n) is 2.17. The molecule has 0 aliphatic rings. The third-order valence-corrected chi connectivity index (χ3v) is 3.33. The van der Waals surface area contributed by atoms with E-state index in [1.807, 2.05) is 0 Å². The molecule has 2 rings (SSSR count). The second-order valence-electron chi connectivity index (χ2n) is 4.84. The van der Waals surface area contributed by atoms with Crippen LogP contribution in [0.2, 0.25) is 0 Å². The summed E-state index contributed by atoms with van der Waals surface area (Å²) in [6.07, 6.45) is 4.87. The summed E-state index contributed by atoms with van der Waals surface area (Å²) in [4.78, 5) is 26.7. The van der Waals surface area contributed by atoms with Crippen molar-refractivity contribution in [3.8, 4) is 0 Å². The zero-order valence-electron chi connectivity index (χ0n) is 11.6. The molecule has 7 heteroatoms. The third kappa shape index (κ3) is 3.63. The zero-order valence-corrected chi connectivity index (χ0v) is 11.6. The van der Waals surface area contributed by atoms with Crippen LogP contribution in [0.4, 0.5) is 5.69 Å². The standard InChI is InChI=1S/C14H17N3O4/c18-8-4-2-1-3-7-16-10-15-13-6-5-11(17(20)21)9-12(13)14(16)19/h5-6,9-10,18H,1-4,7-8H2. The maximum atomic E-state index is 12.3. The fraction of sp³-hybridized carbons (Fsp3) is 0.429. The topological polar surface area (TPSA) is 98.3 Å². The summed E-state index contributed by atoms with van der Waals surface area (Å²) in [5.74, 6) is 0. The van der Waals surface area contributed by atoms with Gasteiger partial charge in [-0.3, -0.25) is 19.5 Å². The number of hydrogen-bond donors (Lipinski definition) is 1. The van der Waals surface area contributed by atoms with E-state index in [2.05, 4.69) is 4.98 Å². The van der Waals surface area contributed by atoms with Gasteiger partial charge in [-0.2, -0.15) is 0 Å². The smallest absolute Gasteiger partial charge is 0.270 e. The van der Waals surface area contributed by atoms with Crippen molar-refractivity contribution in [3.05, 3.63) is 45.0 Å². The Labute approximate surface area is 121 Å². The van der Waals surface area contributed by atoms with E-state index in [0.717, 1.165) is 25.7 Å². The lowest BCUT2D eigenvalue weighted by Gasteiger charge is -2.06. The summed E-state index contributed by atoms with van der Waals surface area (Å²) in [6.45, 7) is 0.705. The first-order valence-electron chi connectivity index (χ1n) is 6.88. The van der Waals surface area contributed by atoms with Crippen LogP contribution in [-0.2, 0) is 6.54 Å². The Morgan fingerprint density at radius 3 is 2.71 bits per heavy atom. The quantitative estimate of drug-likeness (QED) is 0.477. The molecule has 1 heterocycles. The van der Waals surface area contributed by atoms with Crippen LogP contribution in [0.3, 0.4) is 0 Å². The number of unbranched alkanes of at least 4 members (excludes halogenated alkanes) is 3. The number of nitrogens with zero attached hydrogens (tertiary/aromatic N) is 3. The first kappa shape index (κ1) is 15.1. The van der Waals surface area contributed by atoms with Crippen molar-refractivity contribution < 1.29 is 10.0 Å². The number of aliphatic hydroxyl groups excluding tert-OH is 1. The molecular weight excluding hydrogens is 274 g/mol. The molecule has 0 amide bonds. The summed E-state index contributed by atoms with van der Waals surface area (Å²) >= 11 is 0. The number of aromatic nitrogens is 2. The van der Waals surface area contributed by atoms with E-state index in [0.29, 0.717) is 12.1 Å². The maximum absolute atomic E-state index is 12.3. The maximum Gasteiger partial charge on any atom is 0.270 e. The van der Waals surface area contributed by atoms with Gasteiger partial charge in [-0.1, -0.05) is 12.8 Å². The number of nitro groups is 1. The summed E-state index contributed by atoms with van der Waals surface area (Å²) in [5, 5.41) is 19.7. The number of aliphatic hydroxyl groups is 1. The van der Waals surface area contributed by atoms with E-state index in [1.54, 1.807) is 0 Å². The second-order valence-corrected chi connectivity index (χ2v) is 4.84. The van der Waals surface area contributed by atoms with Gasteiger partial charge in [0.25, 0.3) is 11.2 Å². The van der Waals surface area contributed by atoms with Crippen LogP contribution < -0.4 is 5.56 Å². The minimum Gasteiger partial charge on any atom is -0.396 e. The van der Waals surface area contributed by atoms with E-state index in [4.69, 9.17) is 5.11 Å². The van der Waals surface area contributed by atoms with Gasteiger partial charge in [0.1, 0.15) is 0 Å². The summed E-state index contributed by atoms with van der Waals surface area (Å²) in [5.41, 5.74) is 0.0927. The highest BCUT2D eigenvalue weighted by Crippen LogP contribution is 2.16. The van der Waals surface area contributed by atoms with Crippen LogP contribution in [0.25, 0.3) is 10.9 Å². The lowest BCUT2D eigenvalue weighted by Crippen LogP contribution is -2.20. The fourth-order valence-corrected chi connectivity index (χ4v) is 2.17. The number of fused-ring (bicyclic) bond motifs is 1. The molecule has 112 valence electrons. The molecule has 1 N–H and O–H groups in total. The molecule has 1 aromatic carbocycles. The monoisotopic (exact) mass is 291 g/mol. The molecule has 0 atom stereocenters. The molecule has 1 aromatic heterocycles. The van der Waals surface area contributed by atoms with E-state index >= 15 is 0 Å². The molecule has 0 saturated heterocycles. The highest BCUT2D eigenvalue weighted by Gasteiger charge is 2.10. The van der Waals surface area contributed by atoms with Crippen molar-refractivity contribution in [1.82, 2.24) is 9.55 Å². The van der Waals surface area contributed by atoms with Gasteiger partial charge in [-0.15, -0.1) is 0 Å². The Morgan fingerprint density at radius 2 is 2.00 bits per heavy atom. The van der Waals surface area contributed by atoms with Gasteiger partial charge in [0.15, 0.2) is 0 Å². The zero-order chi connectivity index (χ0) is 15.2. The molecule has 0 bridgehead atoms. The predicted octanol–water partition coefficient (Wildman–Crippen LogP) is 1.86. The van der Waals surface area contributed by atoms with E-state index in [9.17, 15) is 14.9 Å². The molecule has 21 heavy (non-hydrogen) atoms.